The van der Waals surface area contributed by atoms with Crippen LogP contribution >= 0.6 is 22.9 Å². The van der Waals surface area contributed by atoms with Gasteiger partial charge in [0.15, 0.2) is 0 Å². The topological polar surface area (TPSA) is 83.8 Å². The smallest absolute Gasteiger partial charge is 0.311 e. The normalized spacial score (nSPS) is 11.0. The number of rotatable bonds is 7. The third-order valence-electron chi connectivity index (χ3n) is 3.05. The number of phenolic OH excluding ortho intramolecular Hbond substituents is 1. The number of alkyl halides is 1. The Morgan fingerprint density at radius 1 is 1.54 bits per heavy atom. The number of aryl methyl sites for hydroxylation is 1. The molecule has 8 heteroatoms. The van der Waals surface area contributed by atoms with E-state index in [1.54, 1.807) is 12.3 Å². The molecule has 1 heterocycles. The van der Waals surface area contributed by atoms with E-state index in [0.29, 0.717) is 28.6 Å². The number of hydrazone groups is 1. The molecule has 0 atom stereocenters. The van der Waals surface area contributed by atoms with Crippen LogP contribution in [-0.4, -0.2) is 28.9 Å². The Bertz CT molecular complexity index is 746. The van der Waals surface area contributed by atoms with Crippen molar-refractivity contribution in [1.82, 2.24) is 4.98 Å². The van der Waals surface area contributed by atoms with E-state index < -0.39 is 0 Å². The Morgan fingerprint density at radius 2 is 2.33 bits per heavy atom. The lowest BCUT2D eigenvalue weighted by Crippen LogP contribution is -2.07. The van der Waals surface area contributed by atoms with Gasteiger partial charge in [-0.15, -0.1) is 22.9 Å². The summed E-state index contributed by atoms with van der Waals surface area (Å²) in [5, 5.41) is 16.5. The van der Waals surface area contributed by atoms with Crippen molar-refractivity contribution in [3.05, 3.63) is 39.9 Å². The van der Waals surface area contributed by atoms with Gasteiger partial charge in [0.1, 0.15) is 5.75 Å². The van der Waals surface area contributed by atoms with Gasteiger partial charge in [0.25, 0.3) is 0 Å². The van der Waals surface area contributed by atoms with Crippen LogP contribution in [0.15, 0.2) is 22.6 Å². The fraction of sp³-hybridized carbons (Fsp3) is 0.312. The first-order valence-corrected chi connectivity index (χ1v) is 8.72. The Hall–Kier alpha value is -2.12. The minimum absolute atomic E-state index is 0.114. The molecule has 6 nitrogen and oxygen atoms in total. The number of phenols is 1. The maximum absolute atomic E-state index is 11.4. The molecule has 0 bridgehead atoms. The molecule has 0 saturated carbocycles. The molecule has 0 saturated heterocycles. The number of hydrogen-bond donors (Lipinski definition) is 2. The lowest BCUT2D eigenvalue weighted by atomic mass is 10.1. The summed E-state index contributed by atoms with van der Waals surface area (Å²) in [5.74, 6) is 0.0327. The summed E-state index contributed by atoms with van der Waals surface area (Å²) < 4.78 is 4.88. The van der Waals surface area contributed by atoms with Crippen molar-refractivity contribution >= 4 is 40.3 Å². The van der Waals surface area contributed by atoms with E-state index >= 15 is 0 Å². The SMILES string of the molecule is CCOC(=O)Cc1csc(NN=Cc2cc(C)cc(CCl)c2O)n1. The van der Waals surface area contributed by atoms with Gasteiger partial charge in [0, 0.05) is 16.5 Å². The molecule has 0 amide bonds. The third kappa shape index (κ3) is 4.94. The second-order valence-electron chi connectivity index (χ2n) is 4.99. The number of esters is 1. The number of carbonyl (C=O) groups excluding carboxylic acids is 1. The van der Waals surface area contributed by atoms with E-state index in [4.69, 9.17) is 16.3 Å². The molecule has 0 fully saturated rings. The van der Waals surface area contributed by atoms with E-state index in [0.717, 1.165) is 5.56 Å². The molecular weight excluding hydrogens is 350 g/mol. The van der Waals surface area contributed by atoms with Crippen molar-refractivity contribution in [2.45, 2.75) is 26.1 Å². The number of aromatic nitrogens is 1. The van der Waals surface area contributed by atoms with Crippen LogP contribution in [-0.2, 0) is 21.8 Å². The number of anilines is 1. The predicted molar refractivity (Wildman–Crippen MR) is 96.1 cm³/mol. The quantitative estimate of drug-likeness (QED) is 0.339. The van der Waals surface area contributed by atoms with Crippen LogP contribution in [0.1, 0.15) is 29.3 Å². The van der Waals surface area contributed by atoms with Gasteiger partial charge in [-0.25, -0.2) is 4.98 Å². The van der Waals surface area contributed by atoms with Crippen LogP contribution in [0.3, 0.4) is 0 Å². The number of halogens is 1. The van der Waals surface area contributed by atoms with Crippen molar-refractivity contribution < 1.29 is 14.6 Å². The first-order chi connectivity index (χ1) is 11.5. The monoisotopic (exact) mass is 367 g/mol. The number of nitrogens with one attached hydrogen (secondary N) is 1. The van der Waals surface area contributed by atoms with E-state index in [2.05, 4.69) is 15.5 Å². The number of benzene rings is 1. The average Bonchev–Trinajstić information content (AvgIpc) is 2.97. The maximum atomic E-state index is 11.4. The molecule has 0 aliphatic carbocycles. The number of carbonyl (C=O) groups is 1. The van der Waals surface area contributed by atoms with Crippen LogP contribution in [0.4, 0.5) is 5.13 Å². The van der Waals surface area contributed by atoms with Crippen LogP contribution < -0.4 is 5.43 Å². The standard InChI is InChI=1S/C16H18ClN3O3S/c1-3-23-14(21)6-13-9-24-16(19-13)20-18-8-12-5-10(2)4-11(7-17)15(12)22/h4-5,8-9,22H,3,6-7H2,1-2H3,(H,19,20). The number of thiazole rings is 1. The highest BCUT2D eigenvalue weighted by Gasteiger charge is 2.08. The van der Waals surface area contributed by atoms with Crippen LogP contribution in [0.5, 0.6) is 5.75 Å². The van der Waals surface area contributed by atoms with Crippen LogP contribution in [0.25, 0.3) is 0 Å². The van der Waals surface area contributed by atoms with Gasteiger partial charge in [-0.1, -0.05) is 6.07 Å². The summed E-state index contributed by atoms with van der Waals surface area (Å²) in [5.41, 5.74) is 5.62. The number of hydrogen-bond acceptors (Lipinski definition) is 7. The van der Waals surface area contributed by atoms with Gasteiger partial charge in [-0.05, 0) is 25.5 Å². The van der Waals surface area contributed by atoms with E-state index in [9.17, 15) is 9.90 Å². The van der Waals surface area contributed by atoms with Gasteiger partial charge < -0.3 is 9.84 Å². The summed E-state index contributed by atoms with van der Waals surface area (Å²) in [6.07, 6.45) is 1.64. The zero-order valence-corrected chi connectivity index (χ0v) is 14.9. The average molecular weight is 368 g/mol. The van der Waals surface area contributed by atoms with Crippen molar-refractivity contribution in [3.63, 3.8) is 0 Å². The Labute approximate surface area is 149 Å². The highest BCUT2D eigenvalue weighted by Crippen LogP contribution is 2.25. The molecule has 0 aliphatic heterocycles. The molecule has 1 aromatic carbocycles. The highest BCUT2D eigenvalue weighted by atomic mass is 35.5. The second-order valence-corrected chi connectivity index (χ2v) is 6.12. The highest BCUT2D eigenvalue weighted by molar-refractivity contribution is 7.13. The number of nitrogens with zero attached hydrogens (tertiary/aromatic N) is 2. The second kappa shape index (κ2) is 8.65. The summed E-state index contributed by atoms with van der Waals surface area (Å²) >= 11 is 7.14. The lowest BCUT2D eigenvalue weighted by Gasteiger charge is -2.06. The molecule has 24 heavy (non-hydrogen) atoms. The molecule has 128 valence electrons. The largest absolute Gasteiger partial charge is 0.507 e. The first-order valence-electron chi connectivity index (χ1n) is 7.31. The third-order valence-corrected chi connectivity index (χ3v) is 4.14. The number of ether oxygens (including phenoxy) is 1. The van der Waals surface area contributed by atoms with Gasteiger partial charge >= 0.3 is 5.97 Å². The van der Waals surface area contributed by atoms with E-state index in [-0.39, 0.29) is 24.0 Å². The Kier molecular flexibility index (Phi) is 6.57. The predicted octanol–water partition coefficient (Wildman–Crippen LogP) is 3.45. The zero-order chi connectivity index (χ0) is 17.5. The molecule has 2 aromatic rings. The van der Waals surface area contributed by atoms with Gasteiger partial charge in [-0.3, -0.25) is 10.2 Å². The minimum Gasteiger partial charge on any atom is -0.507 e. The summed E-state index contributed by atoms with van der Waals surface area (Å²) in [7, 11) is 0. The van der Waals surface area contributed by atoms with Crippen molar-refractivity contribution in [1.29, 1.82) is 0 Å². The first kappa shape index (κ1) is 18.2. The number of aromatic hydroxyl groups is 1. The van der Waals surface area contributed by atoms with Gasteiger partial charge in [-0.2, -0.15) is 5.10 Å². The molecule has 0 aliphatic rings. The van der Waals surface area contributed by atoms with Crippen molar-refractivity contribution in [2.24, 2.45) is 5.10 Å². The van der Waals surface area contributed by atoms with Crippen molar-refractivity contribution in [3.8, 4) is 5.75 Å². The molecule has 0 unspecified atom stereocenters. The summed E-state index contributed by atoms with van der Waals surface area (Å²) in [6.45, 7) is 4.03. The lowest BCUT2D eigenvalue weighted by molar-refractivity contribution is -0.142. The molecule has 2 rings (SSSR count). The summed E-state index contributed by atoms with van der Waals surface area (Å²) in [6, 6.07) is 3.64. The molecule has 0 radical (unpaired) electrons. The van der Waals surface area contributed by atoms with Gasteiger partial charge in [0.05, 0.1) is 30.8 Å². The fourth-order valence-corrected chi connectivity index (χ4v) is 2.90. The molecule has 2 N–H and O–H groups in total. The zero-order valence-electron chi connectivity index (χ0n) is 13.4. The molecule has 0 spiro atoms. The Balaban J connectivity index is 2.01. The van der Waals surface area contributed by atoms with Gasteiger partial charge in [0.2, 0.25) is 5.13 Å². The minimum atomic E-state index is -0.309. The van der Waals surface area contributed by atoms with Crippen LogP contribution in [0, 0.1) is 6.92 Å². The summed E-state index contributed by atoms with van der Waals surface area (Å²) in [4.78, 5) is 15.7. The molecular formula is C16H18ClN3O3S. The van der Waals surface area contributed by atoms with E-state index in [1.165, 1.54) is 17.6 Å². The van der Waals surface area contributed by atoms with Crippen LogP contribution in [0.2, 0.25) is 0 Å². The fourth-order valence-electron chi connectivity index (χ4n) is 2.04. The van der Waals surface area contributed by atoms with Crippen molar-refractivity contribution in [2.75, 3.05) is 12.0 Å². The maximum Gasteiger partial charge on any atom is 0.311 e. The Morgan fingerprint density at radius 3 is 3.04 bits per heavy atom. The van der Waals surface area contributed by atoms with E-state index in [1.807, 2.05) is 19.1 Å². The molecule has 1 aromatic heterocycles.